The Hall–Kier alpha value is -5.09. The molecule has 0 aliphatic carbocycles. The largest absolute Gasteiger partial charge is 0.490 e. The summed E-state index contributed by atoms with van der Waals surface area (Å²) in [5.74, 6) is -0.865. The standard InChI is InChI=1S/C33H25ClF3N3O4/c1-3-43-27-17-20(13-16-26(27)44-32(42)21-14-11-19(2)12-15-21)18-38-40-31(41)30-28(22-7-4-5-10-25(22)34)23-8-6-9-24(29(23)39-30)33(35,36)37/h4-18,39H,3H2,1-2H3,(H,40,41). The van der Waals surface area contributed by atoms with Gasteiger partial charge in [0.1, 0.15) is 5.69 Å². The second-order valence-corrected chi connectivity index (χ2v) is 10.1. The van der Waals surface area contributed by atoms with Crippen LogP contribution in [0.5, 0.6) is 11.5 Å². The normalized spacial score (nSPS) is 11.6. The van der Waals surface area contributed by atoms with E-state index in [9.17, 15) is 22.8 Å². The number of hydrogen-bond acceptors (Lipinski definition) is 5. The number of carbonyl (C=O) groups excluding carboxylic acids is 2. The fourth-order valence-electron chi connectivity index (χ4n) is 4.60. The van der Waals surface area contributed by atoms with Crippen LogP contribution in [0.25, 0.3) is 22.0 Å². The minimum Gasteiger partial charge on any atom is -0.490 e. The van der Waals surface area contributed by atoms with E-state index in [0.717, 1.165) is 11.6 Å². The van der Waals surface area contributed by atoms with Crippen LogP contribution in [-0.2, 0) is 6.18 Å². The molecular weight excluding hydrogens is 595 g/mol. The Bertz CT molecular complexity index is 1880. The van der Waals surface area contributed by atoms with E-state index >= 15 is 0 Å². The van der Waals surface area contributed by atoms with Crippen LogP contribution >= 0.6 is 11.6 Å². The predicted molar refractivity (Wildman–Crippen MR) is 163 cm³/mol. The molecule has 0 fully saturated rings. The molecule has 0 atom stereocenters. The molecule has 0 aliphatic rings. The van der Waals surface area contributed by atoms with Gasteiger partial charge in [-0.15, -0.1) is 0 Å². The lowest BCUT2D eigenvalue weighted by Gasteiger charge is -2.11. The molecule has 0 bridgehead atoms. The Kier molecular flexibility index (Phi) is 8.73. The summed E-state index contributed by atoms with van der Waals surface area (Å²) in [6, 6.07) is 21.9. The summed E-state index contributed by atoms with van der Waals surface area (Å²) in [6.45, 7) is 3.97. The first-order valence-corrected chi connectivity index (χ1v) is 13.8. The van der Waals surface area contributed by atoms with Gasteiger partial charge in [0.05, 0.1) is 29.5 Å². The van der Waals surface area contributed by atoms with Crippen molar-refractivity contribution in [1.29, 1.82) is 0 Å². The molecule has 1 amide bonds. The fraction of sp³-hybridized carbons (Fsp3) is 0.121. The number of nitrogens with one attached hydrogen (secondary N) is 2. The minimum atomic E-state index is -4.66. The van der Waals surface area contributed by atoms with Crippen LogP contribution < -0.4 is 14.9 Å². The molecule has 5 aromatic rings. The summed E-state index contributed by atoms with van der Waals surface area (Å²) in [7, 11) is 0. The maximum atomic E-state index is 13.8. The number of para-hydroxylation sites is 1. The molecule has 44 heavy (non-hydrogen) atoms. The average molecular weight is 620 g/mol. The van der Waals surface area contributed by atoms with Crippen molar-refractivity contribution in [3.05, 3.63) is 118 Å². The van der Waals surface area contributed by atoms with Crippen molar-refractivity contribution in [2.24, 2.45) is 5.10 Å². The Morgan fingerprint density at radius 1 is 0.977 bits per heavy atom. The third-order valence-electron chi connectivity index (χ3n) is 6.65. The molecular formula is C33H25ClF3N3O4. The van der Waals surface area contributed by atoms with Crippen LogP contribution in [-0.4, -0.2) is 29.7 Å². The molecule has 4 aromatic carbocycles. The zero-order chi connectivity index (χ0) is 31.4. The number of H-pyrrole nitrogens is 1. The first-order chi connectivity index (χ1) is 21.1. The fourth-order valence-corrected chi connectivity index (χ4v) is 4.83. The van der Waals surface area contributed by atoms with Crippen LogP contribution in [0.2, 0.25) is 5.02 Å². The molecule has 5 rings (SSSR count). The van der Waals surface area contributed by atoms with Crippen molar-refractivity contribution in [3.8, 4) is 22.6 Å². The molecule has 0 aliphatic heterocycles. The number of hydrazone groups is 1. The second kappa shape index (κ2) is 12.6. The number of benzene rings is 4. The summed E-state index contributed by atoms with van der Waals surface area (Å²) in [4.78, 5) is 28.6. The number of alkyl halides is 3. The summed E-state index contributed by atoms with van der Waals surface area (Å²) in [5.41, 5.74) is 3.52. The third kappa shape index (κ3) is 6.45. The summed E-state index contributed by atoms with van der Waals surface area (Å²) >= 11 is 6.39. The van der Waals surface area contributed by atoms with Crippen LogP contribution in [0, 0.1) is 6.92 Å². The Balaban J connectivity index is 1.42. The lowest BCUT2D eigenvalue weighted by molar-refractivity contribution is -0.136. The number of carbonyl (C=O) groups is 2. The maximum Gasteiger partial charge on any atom is 0.418 e. The Labute approximate surface area is 255 Å². The zero-order valence-corrected chi connectivity index (χ0v) is 24.2. The van der Waals surface area contributed by atoms with Gasteiger partial charge >= 0.3 is 12.1 Å². The van der Waals surface area contributed by atoms with Gasteiger partial charge in [-0.1, -0.05) is 59.6 Å². The number of ether oxygens (including phenoxy) is 2. The van der Waals surface area contributed by atoms with Crippen molar-refractivity contribution in [2.45, 2.75) is 20.0 Å². The number of amides is 1. The van der Waals surface area contributed by atoms with Gasteiger partial charge in [-0.25, -0.2) is 10.2 Å². The topological polar surface area (TPSA) is 92.8 Å². The van der Waals surface area contributed by atoms with Crippen molar-refractivity contribution >= 4 is 40.6 Å². The van der Waals surface area contributed by atoms with Crippen molar-refractivity contribution < 1.29 is 32.2 Å². The SMILES string of the molecule is CCOc1cc(C=NNC(=O)c2[nH]c3c(C(F)(F)F)cccc3c2-c2ccccc2Cl)ccc1OC(=O)c1ccc(C)cc1. The molecule has 224 valence electrons. The second-order valence-electron chi connectivity index (χ2n) is 9.67. The summed E-state index contributed by atoms with van der Waals surface area (Å²) in [6.07, 6.45) is -3.34. The number of esters is 1. The lowest BCUT2D eigenvalue weighted by Crippen LogP contribution is -2.19. The van der Waals surface area contributed by atoms with Crippen molar-refractivity contribution in [1.82, 2.24) is 10.4 Å². The number of aryl methyl sites for hydroxylation is 1. The lowest BCUT2D eigenvalue weighted by atomic mass is 10.00. The van der Waals surface area contributed by atoms with Crippen molar-refractivity contribution in [3.63, 3.8) is 0 Å². The number of fused-ring (bicyclic) bond motifs is 1. The highest BCUT2D eigenvalue weighted by molar-refractivity contribution is 6.34. The molecule has 2 N–H and O–H groups in total. The minimum absolute atomic E-state index is 0.143. The number of halogens is 4. The zero-order valence-electron chi connectivity index (χ0n) is 23.5. The predicted octanol–water partition coefficient (Wildman–Crippen LogP) is 8.20. The highest BCUT2D eigenvalue weighted by Gasteiger charge is 2.35. The van der Waals surface area contributed by atoms with E-state index in [2.05, 4.69) is 15.5 Å². The molecule has 1 heterocycles. The number of hydrogen-bond donors (Lipinski definition) is 2. The van der Waals surface area contributed by atoms with Gasteiger partial charge in [-0.3, -0.25) is 4.79 Å². The molecule has 0 spiro atoms. The van der Waals surface area contributed by atoms with E-state index < -0.39 is 23.6 Å². The molecule has 11 heteroatoms. The Morgan fingerprint density at radius 3 is 2.43 bits per heavy atom. The third-order valence-corrected chi connectivity index (χ3v) is 6.98. The average Bonchev–Trinajstić information content (AvgIpc) is 3.38. The van der Waals surface area contributed by atoms with Gasteiger partial charge in [0.25, 0.3) is 5.91 Å². The van der Waals surface area contributed by atoms with Crippen LogP contribution in [0.1, 0.15) is 44.5 Å². The van der Waals surface area contributed by atoms with E-state index in [1.807, 2.05) is 6.92 Å². The van der Waals surface area contributed by atoms with Gasteiger partial charge in [-0.05, 0) is 61.9 Å². The molecule has 7 nitrogen and oxygen atoms in total. The molecule has 1 aromatic heterocycles. The van der Waals surface area contributed by atoms with E-state index in [-0.39, 0.29) is 45.3 Å². The van der Waals surface area contributed by atoms with E-state index in [1.165, 1.54) is 24.4 Å². The van der Waals surface area contributed by atoms with Gasteiger partial charge < -0.3 is 14.5 Å². The van der Waals surface area contributed by atoms with E-state index in [4.69, 9.17) is 21.1 Å². The number of aromatic amines is 1. The number of aromatic nitrogens is 1. The van der Waals surface area contributed by atoms with Gasteiger partial charge in [0.2, 0.25) is 0 Å². The summed E-state index contributed by atoms with van der Waals surface area (Å²) < 4.78 is 52.6. The van der Waals surface area contributed by atoms with E-state index in [1.54, 1.807) is 67.6 Å². The van der Waals surface area contributed by atoms with Gasteiger partial charge in [0, 0.05) is 21.5 Å². The van der Waals surface area contributed by atoms with Crippen LogP contribution in [0.3, 0.4) is 0 Å². The molecule has 0 unspecified atom stereocenters. The van der Waals surface area contributed by atoms with Crippen LogP contribution in [0.15, 0.2) is 90.0 Å². The molecule has 0 saturated carbocycles. The highest BCUT2D eigenvalue weighted by atomic mass is 35.5. The Morgan fingerprint density at radius 2 is 1.73 bits per heavy atom. The molecule has 0 saturated heterocycles. The first-order valence-electron chi connectivity index (χ1n) is 13.4. The first kappa shape index (κ1) is 30.4. The quantitative estimate of drug-likeness (QED) is 0.0792. The summed E-state index contributed by atoms with van der Waals surface area (Å²) in [5, 5.41) is 4.44. The monoisotopic (exact) mass is 619 g/mol. The number of nitrogens with zero attached hydrogens (tertiary/aromatic N) is 1. The van der Waals surface area contributed by atoms with Gasteiger partial charge in [0.15, 0.2) is 11.5 Å². The van der Waals surface area contributed by atoms with Gasteiger partial charge in [-0.2, -0.15) is 18.3 Å². The van der Waals surface area contributed by atoms with Crippen LogP contribution in [0.4, 0.5) is 13.2 Å². The molecule has 0 radical (unpaired) electrons. The highest BCUT2D eigenvalue weighted by Crippen LogP contribution is 2.41. The smallest absolute Gasteiger partial charge is 0.418 e. The van der Waals surface area contributed by atoms with E-state index in [0.29, 0.717) is 16.7 Å². The number of rotatable bonds is 8. The maximum absolute atomic E-state index is 13.8. The van der Waals surface area contributed by atoms with Crippen molar-refractivity contribution in [2.75, 3.05) is 6.61 Å².